The number of amides is 2. The number of furan rings is 1. The second kappa shape index (κ2) is 7.47. The first-order valence-corrected chi connectivity index (χ1v) is 8.12. The molecule has 2 aromatic rings. The van der Waals surface area contributed by atoms with Crippen molar-refractivity contribution >= 4 is 17.4 Å². The summed E-state index contributed by atoms with van der Waals surface area (Å²) < 4.78 is 5.45. The Morgan fingerprint density at radius 2 is 2.09 bits per heavy atom. The summed E-state index contributed by atoms with van der Waals surface area (Å²) in [6, 6.07) is 7.82. The third-order valence-corrected chi connectivity index (χ3v) is 4.84. The van der Waals surface area contributed by atoms with Gasteiger partial charge in [-0.2, -0.15) is 0 Å². The highest BCUT2D eigenvalue weighted by Crippen LogP contribution is 2.23. The summed E-state index contributed by atoms with van der Waals surface area (Å²) in [5.74, 6) is 0.847. The minimum atomic E-state index is -0.0840. The van der Waals surface area contributed by atoms with Crippen molar-refractivity contribution in [2.75, 3.05) is 27.7 Å². The van der Waals surface area contributed by atoms with E-state index in [0.29, 0.717) is 6.54 Å². The van der Waals surface area contributed by atoms with Crippen LogP contribution in [0.2, 0.25) is 0 Å². The largest absolute Gasteiger partial charge is 0.468 e. The number of hydrogen-bond acceptors (Lipinski definition) is 4. The van der Waals surface area contributed by atoms with E-state index >= 15 is 0 Å². The van der Waals surface area contributed by atoms with Gasteiger partial charge < -0.3 is 14.6 Å². The summed E-state index contributed by atoms with van der Waals surface area (Å²) >= 11 is 1.66. The molecule has 2 aromatic heterocycles. The standard InChI is InChI=1S/C16H23N3O2S/c1-12(15-8-6-10-22-15)19(4)16(20)17-11-13(18(2)3)14-7-5-9-21-14/h5-10,12-13H,11H2,1-4H3,(H,17,20). The molecule has 2 atom stereocenters. The van der Waals surface area contributed by atoms with Crippen molar-refractivity contribution in [3.8, 4) is 0 Å². The van der Waals surface area contributed by atoms with Gasteiger partial charge in [-0.05, 0) is 44.6 Å². The molecule has 0 aliphatic heterocycles. The molecule has 5 nitrogen and oxygen atoms in total. The minimum Gasteiger partial charge on any atom is -0.468 e. The third kappa shape index (κ3) is 3.90. The monoisotopic (exact) mass is 321 g/mol. The lowest BCUT2D eigenvalue weighted by Crippen LogP contribution is -2.42. The van der Waals surface area contributed by atoms with E-state index in [2.05, 4.69) is 5.32 Å². The van der Waals surface area contributed by atoms with Gasteiger partial charge in [-0.1, -0.05) is 6.07 Å². The van der Waals surface area contributed by atoms with Crippen molar-refractivity contribution in [2.24, 2.45) is 0 Å². The molecule has 6 heteroatoms. The van der Waals surface area contributed by atoms with Crippen molar-refractivity contribution in [3.05, 3.63) is 46.5 Å². The van der Waals surface area contributed by atoms with Gasteiger partial charge >= 0.3 is 6.03 Å². The van der Waals surface area contributed by atoms with E-state index in [4.69, 9.17) is 4.42 Å². The predicted molar refractivity (Wildman–Crippen MR) is 89.0 cm³/mol. The van der Waals surface area contributed by atoms with Crippen LogP contribution in [0.3, 0.4) is 0 Å². The molecule has 0 saturated heterocycles. The van der Waals surface area contributed by atoms with Crippen molar-refractivity contribution in [2.45, 2.75) is 19.0 Å². The molecule has 0 radical (unpaired) electrons. The summed E-state index contributed by atoms with van der Waals surface area (Å²) in [5.41, 5.74) is 0. The molecule has 2 rings (SSSR count). The number of nitrogens with one attached hydrogen (secondary N) is 1. The number of rotatable bonds is 6. The first kappa shape index (κ1) is 16.6. The Bertz CT molecular complexity index is 566. The number of carbonyl (C=O) groups is 1. The van der Waals surface area contributed by atoms with E-state index in [1.807, 2.05) is 62.6 Å². The average molecular weight is 321 g/mol. The Balaban J connectivity index is 1.93. The Labute approximate surface area is 135 Å². The van der Waals surface area contributed by atoms with E-state index < -0.39 is 0 Å². The van der Waals surface area contributed by atoms with Gasteiger partial charge in [0, 0.05) is 18.5 Å². The molecule has 0 bridgehead atoms. The summed E-state index contributed by atoms with van der Waals surface area (Å²) in [5, 5.41) is 5.01. The number of carbonyl (C=O) groups excluding carboxylic acids is 1. The SMILES string of the molecule is CC(c1cccs1)N(C)C(=O)NCC(c1ccco1)N(C)C. The normalized spacial score (nSPS) is 13.9. The van der Waals surface area contributed by atoms with Crippen LogP contribution in [0.25, 0.3) is 0 Å². The number of thiophene rings is 1. The van der Waals surface area contributed by atoms with Gasteiger partial charge in [0.25, 0.3) is 0 Å². The molecule has 0 aromatic carbocycles. The Hall–Kier alpha value is -1.79. The first-order chi connectivity index (χ1) is 10.5. The zero-order valence-electron chi connectivity index (χ0n) is 13.4. The molecule has 1 N–H and O–H groups in total. The van der Waals surface area contributed by atoms with Gasteiger partial charge in [0.15, 0.2) is 0 Å². The van der Waals surface area contributed by atoms with Crippen LogP contribution in [0.4, 0.5) is 4.79 Å². The molecule has 0 saturated carbocycles. The highest BCUT2D eigenvalue weighted by atomic mass is 32.1. The Morgan fingerprint density at radius 3 is 2.64 bits per heavy atom. The van der Waals surface area contributed by atoms with Crippen LogP contribution < -0.4 is 5.32 Å². The molecule has 120 valence electrons. The van der Waals surface area contributed by atoms with Gasteiger partial charge in [0.05, 0.1) is 18.3 Å². The fourth-order valence-corrected chi connectivity index (χ4v) is 3.05. The number of likely N-dealkylation sites (N-methyl/N-ethyl adjacent to an activating group) is 1. The minimum absolute atomic E-state index is 0.0180. The molecular weight excluding hydrogens is 298 g/mol. The van der Waals surface area contributed by atoms with Gasteiger partial charge in [-0.3, -0.25) is 4.90 Å². The zero-order chi connectivity index (χ0) is 16.1. The molecule has 22 heavy (non-hydrogen) atoms. The quantitative estimate of drug-likeness (QED) is 0.887. The van der Waals surface area contributed by atoms with E-state index in [9.17, 15) is 4.79 Å². The Kier molecular flexibility index (Phi) is 5.63. The molecule has 0 aliphatic carbocycles. The summed E-state index contributed by atoms with van der Waals surface area (Å²) in [6.45, 7) is 2.53. The summed E-state index contributed by atoms with van der Waals surface area (Å²) in [6.07, 6.45) is 1.65. The summed E-state index contributed by atoms with van der Waals surface area (Å²) in [4.78, 5) is 17.3. The van der Waals surface area contributed by atoms with Crippen LogP contribution in [-0.4, -0.2) is 43.5 Å². The van der Waals surface area contributed by atoms with Crippen LogP contribution in [0.15, 0.2) is 40.3 Å². The van der Waals surface area contributed by atoms with Crippen molar-refractivity contribution in [1.29, 1.82) is 0 Å². The second-order valence-electron chi connectivity index (χ2n) is 5.48. The fraction of sp³-hybridized carbons (Fsp3) is 0.438. The first-order valence-electron chi connectivity index (χ1n) is 7.24. The third-order valence-electron chi connectivity index (χ3n) is 3.80. The second-order valence-corrected chi connectivity index (χ2v) is 6.46. The maximum absolute atomic E-state index is 12.3. The van der Waals surface area contributed by atoms with E-state index in [-0.39, 0.29) is 18.1 Å². The molecule has 2 amide bonds. The topological polar surface area (TPSA) is 48.7 Å². The molecule has 0 spiro atoms. The maximum Gasteiger partial charge on any atom is 0.317 e. The smallest absolute Gasteiger partial charge is 0.317 e. The average Bonchev–Trinajstić information content (AvgIpc) is 3.18. The predicted octanol–water partition coefficient (Wildman–Crippen LogP) is 3.35. The molecule has 2 unspecified atom stereocenters. The lowest BCUT2D eigenvalue weighted by atomic mass is 10.2. The molecule has 0 fully saturated rings. The van der Waals surface area contributed by atoms with Crippen LogP contribution in [0.1, 0.15) is 29.6 Å². The number of urea groups is 1. The van der Waals surface area contributed by atoms with Gasteiger partial charge in [-0.15, -0.1) is 11.3 Å². The van der Waals surface area contributed by atoms with Crippen molar-refractivity contribution in [1.82, 2.24) is 15.1 Å². The van der Waals surface area contributed by atoms with Crippen molar-refractivity contribution < 1.29 is 9.21 Å². The van der Waals surface area contributed by atoms with Crippen LogP contribution in [0.5, 0.6) is 0 Å². The van der Waals surface area contributed by atoms with Gasteiger partial charge in [-0.25, -0.2) is 4.79 Å². The number of hydrogen-bond donors (Lipinski definition) is 1. The van der Waals surface area contributed by atoms with Crippen molar-refractivity contribution in [3.63, 3.8) is 0 Å². The van der Waals surface area contributed by atoms with Gasteiger partial charge in [0.1, 0.15) is 5.76 Å². The van der Waals surface area contributed by atoms with Crippen LogP contribution in [-0.2, 0) is 0 Å². The maximum atomic E-state index is 12.3. The van der Waals surface area contributed by atoms with Crippen LogP contribution >= 0.6 is 11.3 Å². The van der Waals surface area contributed by atoms with E-state index in [1.165, 1.54) is 4.88 Å². The van der Waals surface area contributed by atoms with Crippen LogP contribution in [0, 0.1) is 0 Å². The Morgan fingerprint density at radius 1 is 1.32 bits per heavy atom. The molecule has 2 heterocycles. The summed E-state index contributed by atoms with van der Waals surface area (Å²) in [7, 11) is 5.76. The lowest BCUT2D eigenvalue weighted by molar-refractivity contribution is 0.187. The fourth-order valence-electron chi connectivity index (χ4n) is 2.22. The molecular formula is C16H23N3O2S. The van der Waals surface area contributed by atoms with Gasteiger partial charge in [0.2, 0.25) is 0 Å². The molecule has 0 aliphatic rings. The lowest BCUT2D eigenvalue weighted by Gasteiger charge is -2.27. The highest BCUT2D eigenvalue weighted by Gasteiger charge is 2.21. The van der Waals surface area contributed by atoms with E-state index in [0.717, 1.165) is 5.76 Å². The highest BCUT2D eigenvalue weighted by molar-refractivity contribution is 7.10. The zero-order valence-corrected chi connectivity index (χ0v) is 14.3. The number of nitrogens with zero attached hydrogens (tertiary/aromatic N) is 2. The van der Waals surface area contributed by atoms with E-state index in [1.54, 1.807) is 22.5 Å².